The summed E-state index contributed by atoms with van der Waals surface area (Å²) in [7, 11) is 0. The molecule has 1 aliphatic heterocycles. The molecule has 0 radical (unpaired) electrons. The van der Waals surface area contributed by atoms with Crippen LogP contribution in [0.15, 0.2) is 48.5 Å². The summed E-state index contributed by atoms with van der Waals surface area (Å²) < 4.78 is 6.59. The van der Waals surface area contributed by atoms with E-state index in [1.165, 1.54) is 5.56 Å². The summed E-state index contributed by atoms with van der Waals surface area (Å²) >= 11 is 1.61. The van der Waals surface area contributed by atoms with Crippen LogP contribution in [0, 0.1) is 0 Å². The number of carbonyl (C=O) groups excluding carboxylic acids is 1. The minimum absolute atomic E-state index is 0. The topological polar surface area (TPSA) is 45.7 Å². The van der Waals surface area contributed by atoms with Gasteiger partial charge in [0.1, 0.15) is 0 Å². The maximum Gasteiger partial charge on any atom is 0.233 e. The second-order valence-corrected chi connectivity index (χ2v) is 8.32. The highest BCUT2D eigenvalue weighted by atomic mass is 35.5. The summed E-state index contributed by atoms with van der Waals surface area (Å²) in [5, 5.41) is 0.794. The van der Waals surface area contributed by atoms with Crippen LogP contribution < -0.4 is 4.90 Å². The highest BCUT2D eigenvalue weighted by Gasteiger charge is 2.22. The summed E-state index contributed by atoms with van der Waals surface area (Å²) in [6.45, 7) is 6.99. The van der Waals surface area contributed by atoms with Gasteiger partial charge in [0.15, 0.2) is 5.13 Å². The molecule has 0 atom stereocenters. The Morgan fingerprint density at radius 3 is 2.63 bits per heavy atom. The van der Waals surface area contributed by atoms with Crippen LogP contribution in [0.4, 0.5) is 5.13 Å². The number of hydrogen-bond donors (Lipinski definition) is 0. The zero-order valence-electron chi connectivity index (χ0n) is 17.3. The third kappa shape index (κ3) is 5.58. The fourth-order valence-electron chi connectivity index (χ4n) is 3.55. The number of hydrogen-bond acceptors (Lipinski definition) is 5. The number of carbonyl (C=O) groups is 1. The van der Waals surface area contributed by atoms with Crippen LogP contribution in [0.2, 0.25) is 0 Å². The fourth-order valence-corrected chi connectivity index (χ4v) is 4.62. The van der Waals surface area contributed by atoms with Crippen molar-refractivity contribution in [2.24, 2.45) is 0 Å². The van der Waals surface area contributed by atoms with Gasteiger partial charge in [0.05, 0.1) is 29.9 Å². The molecule has 1 aromatic heterocycles. The van der Waals surface area contributed by atoms with Crippen LogP contribution in [-0.2, 0) is 22.4 Å². The van der Waals surface area contributed by atoms with Gasteiger partial charge in [-0.1, -0.05) is 54.7 Å². The van der Waals surface area contributed by atoms with Crippen LogP contribution in [0.1, 0.15) is 18.1 Å². The molecule has 1 fully saturated rings. The lowest BCUT2D eigenvalue weighted by atomic mass is 10.1. The Bertz CT molecular complexity index is 957. The summed E-state index contributed by atoms with van der Waals surface area (Å²) in [5.41, 5.74) is 3.29. The Morgan fingerprint density at radius 2 is 1.90 bits per heavy atom. The van der Waals surface area contributed by atoms with Gasteiger partial charge in [-0.25, -0.2) is 4.98 Å². The van der Waals surface area contributed by atoms with Crippen molar-refractivity contribution in [1.29, 1.82) is 0 Å². The molecule has 30 heavy (non-hydrogen) atoms. The van der Waals surface area contributed by atoms with Crippen LogP contribution >= 0.6 is 23.7 Å². The second-order valence-electron chi connectivity index (χ2n) is 7.31. The number of rotatable bonds is 7. The van der Waals surface area contributed by atoms with Crippen molar-refractivity contribution in [3.63, 3.8) is 0 Å². The minimum Gasteiger partial charge on any atom is -0.379 e. The molecule has 0 bridgehead atoms. The summed E-state index contributed by atoms with van der Waals surface area (Å²) in [4.78, 5) is 22.3. The molecule has 160 valence electrons. The Hall–Kier alpha value is -1.99. The number of thiazole rings is 1. The van der Waals surface area contributed by atoms with Gasteiger partial charge in [-0.05, 0) is 29.7 Å². The number of nitrogens with zero attached hydrogens (tertiary/aromatic N) is 3. The molecule has 2 aromatic carbocycles. The van der Waals surface area contributed by atoms with Crippen molar-refractivity contribution in [3.05, 3.63) is 59.7 Å². The maximum atomic E-state index is 13.2. The third-order valence-electron chi connectivity index (χ3n) is 5.32. The first-order valence-corrected chi connectivity index (χ1v) is 11.1. The zero-order valence-corrected chi connectivity index (χ0v) is 18.9. The Kier molecular flexibility index (Phi) is 8.22. The fraction of sp³-hybridized carbons (Fsp3) is 0.391. The molecule has 4 rings (SSSR count). The van der Waals surface area contributed by atoms with Crippen LogP contribution in [0.5, 0.6) is 0 Å². The largest absolute Gasteiger partial charge is 0.379 e. The van der Waals surface area contributed by atoms with Crippen molar-refractivity contribution in [1.82, 2.24) is 9.88 Å². The molecule has 0 aliphatic carbocycles. The Morgan fingerprint density at radius 1 is 1.13 bits per heavy atom. The molecule has 1 saturated heterocycles. The van der Waals surface area contributed by atoms with Crippen LogP contribution in [-0.4, -0.2) is 55.2 Å². The van der Waals surface area contributed by atoms with E-state index >= 15 is 0 Å². The SMILES string of the molecule is CCc1ccc2nc(N(CCN3CCOCC3)C(=O)Cc3ccccc3)sc2c1.Cl. The average molecular weight is 446 g/mol. The number of aryl methyl sites for hydroxylation is 1. The van der Waals surface area contributed by atoms with Gasteiger partial charge in [-0.2, -0.15) is 0 Å². The first kappa shape index (κ1) is 22.7. The lowest BCUT2D eigenvalue weighted by molar-refractivity contribution is -0.118. The maximum absolute atomic E-state index is 13.2. The van der Waals surface area contributed by atoms with E-state index in [-0.39, 0.29) is 18.3 Å². The average Bonchev–Trinajstić information content (AvgIpc) is 3.18. The quantitative estimate of drug-likeness (QED) is 0.547. The molecule has 3 aromatic rings. The Labute approximate surface area is 188 Å². The highest BCUT2D eigenvalue weighted by Crippen LogP contribution is 2.30. The summed E-state index contributed by atoms with van der Waals surface area (Å²) in [5.74, 6) is 0.0965. The number of ether oxygens (including phenoxy) is 1. The first-order chi connectivity index (χ1) is 14.2. The normalized spacial score (nSPS) is 14.4. The molecule has 7 heteroatoms. The van der Waals surface area contributed by atoms with Gasteiger partial charge in [-0.15, -0.1) is 12.4 Å². The van der Waals surface area contributed by atoms with Gasteiger partial charge < -0.3 is 4.74 Å². The first-order valence-electron chi connectivity index (χ1n) is 10.3. The molecule has 0 spiro atoms. The molecular formula is C23H28ClN3O2S. The Balaban J connectivity index is 0.00000256. The molecule has 0 saturated carbocycles. The molecule has 1 aliphatic rings. The molecule has 0 N–H and O–H groups in total. The van der Waals surface area contributed by atoms with E-state index < -0.39 is 0 Å². The highest BCUT2D eigenvalue weighted by molar-refractivity contribution is 7.22. The van der Waals surface area contributed by atoms with E-state index in [1.54, 1.807) is 11.3 Å². The third-order valence-corrected chi connectivity index (χ3v) is 6.36. The lowest BCUT2D eigenvalue weighted by Gasteiger charge is -2.29. The number of amides is 1. The van der Waals surface area contributed by atoms with E-state index in [0.29, 0.717) is 13.0 Å². The van der Waals surface area contributed by atoms with Crippen LogP contribution in [0.3, 0.4) is 0 Å². The number of benzene rings is 2. The van der Waals surface area contributed by atoms with Crippen molar-refractivity contribution in [2.45, 2.75) is 19.8 Å². The van der Waals surface area contributed by atoms with Crippen molar-refractivity contribution in [3.8, 4) is 0 Å². The molecule has 0 unspecified atom stereocenters. The lowest BCUT2D eigenvalue weighted by Crippen LogP contribution is -2.43. The number of morpholine rings is 1. The summed E-state index contributed by atoms with van der Waals surface area (Å²) in [6.07, 6.45) is 1.39. The minimum atomic E-state index is 0. The van der Waals surface area contributed by atoms with Gasteiger partial charge in [0, 0.05) is 26.2 Å². The van der Waals surface area contributed by atoms with E-state index in [2.05, 4.69) is 30.0 Å². The predicted molar refractivity (Wildman–Crippen MR) is 126 cm³/mol. The molecule has 5 nitrogen and oxygen atoms in total. The standard InChI is InChI=1S/C23H27N3O2S.ClH/c1-2-18-8-9-20-21(16-18)29-23(24-20)26(11-10-25-12-14-28-15-13-25)22(27)17-19-6-4-3-5-7-19;/h3-9,16H,2,10-15,17H2,1H3;1H. The van der Waals surface area contributed by atoms with Crippen molar-refractivity contribution < 1.29 is 9.53 Å². The van der Waals surface area contributed by atoms with Crippen molar-refractivity contribution >= 4 is 45.0 Å². The molecule has 2 heterocycles. The van der Waals surface area contributed by atoms with E-state index in [4.69, 9.17) is 9.72 Å². The van der Waals surface area contributed by atoms with E-state index in [1.807, 2.05) is 35.2 Å². The molecule has 1 amide bonds. The van der Waals surface area contributed by atoms with Crippen LogP contribution in [0.25, 0.3) is 10.2 Å². The number of aromatic nitrogens is 1. The van der Waals surface area contributed by atoms with Gasteiger partial charge >= 0.3 is 0 Å². The van der Waals surface area contributed by atoms with Crippen molar-refractivity contribution in [2.75, 3.05) is 44.3 Å². The summed E-state index contributed by atoms with van der Waals surface area (Å²) in [6, 6.07) is 16.3. The van der Waals surface area contributed by atoms with E-state index in [0.717, 1.165) is 60.2 Å². The van der Waals surface area contributed by atoms with E-state index in [9.17, 15) is 4.79 Å². The number of anilines is 1. The number of fused-ring (bicyclic) bond motifs is 1. The van der Waals surface area contributed by atoms with Gasteiger partial charge in [-0.3, -0.25) is 14.6 Å². The zero-order chi connectivity index (χ0) is 20.1. The smallest absolute Gasteiger partial charge is 0.233 e. The monoisotopic (exact) mass is 445 g/mol. The predicted octanol–water partition coefficient (Wildman–Crippen LogP) is 4.19. The van der Waals surface area contributed by atoms with Gasteiger partial charge in [0.2, 0.25) is 5.91 Å². The molecular weight excluding hydrogens is 418 g/mol. The number of halogens is 1. The van der Waals surface area contributed by atoms with Gasteiger partial charge in [0.25, 0.3) is 0 Å². The second kappa shape index (κ2) is 10.9.